The molecule has 1 aliphatic heterocycles. The molecular weight excluding hydrogens is 376 g/mol. The largest absolute Gasteiger partial charge is 0.377 e. The predicted molar refractivity (Wildman–Crippen MR) is 88.2 cm³/mol. The summed E-state index contributed by atoms with van der Waals surface area (Å²) in [5, 5.41) is 3.21. The Hall–Kier alpha value is 0.01000. The van der Waals surface area contributed by atoms with Crippen molar-refractivity contribution >= 4 is 37.3 Å². The van der Waals surface area contributed by atoms with Crippen molar-refractivity contribution in [3.8, 4) is 0 Å². The average molecular weight is 397 g/mol. The Kier molecular flexibility index (Phi) is 6.22. The van der Waals surface area contributed by atoms with Crippen LogP contribution >= 0.6 is 27.3 Å². The van der Waals surface area contributed by atoms with Crippen molar-refractivity contribution in [2.24, 2.45) is 0 Å². The number of nitrogens with one attached hydrogen (secondary N) is 1. The van der Waals surface area contributed by atoms with E-state index in [0.717, 1.165) is 17.8 Å². The zero-order chi connectivity index (χ0) is 15.5. The molecule has 21 heavy (non-hydrogen) atoms. The van der Waals surface area contributed by atoms with E-state index in [0.29, 0.717) is 34.9 Å². The van der Waals surface area contributed by atoms with E-state index in [1.807, 2.05) is 13.8 Å². The fraction of sp³-hybridized carbons (Fsp3) is 0.692. The first-order valence-electron chi connectivity index (χ1n) is 7.05. The van der Waals surface area contributed by atoms with Crippen molar-refractivity contribution < 1.29 is 13.2 Å². The van der Waals surface area contributed by atoms with Crippen molar-refractivity contribution in [2.45, 2.75) is 37.8 Å². The number of thiophene rings is 1. The molecule has 1 atom stereocenters. The standard InChI is InChI=1S/C13H21BrN2O3S2/c1-3-15-8-11-7-12(13(14)20-11)21(17,18)16-5-4-6-19-10(2)9-16/h7,10,15H,3-6,8-9H2,1-2H3. The first-order valence-corrected chi connectivity index (χ1v) is 10.1. The minimum absolute atomic E-state index is 0.0686. The van der Waals surface area contributed by atoms with Crippen LogP contribution in [0.5, 0.6) is 0 Å². The molecule has 1 saturated heterocycles. The molecule has 1 unspecified atom stereocenters. The van der Waals surface area contributed by atoms with Gasteiger partial charge in [-0.2, -0.15) is 4.31 Å². The van der Waals surface area contributed by atoms with Crippen molar-refractivity contribution in [1.29, 1.82) is 0 Å². The summed E-state index contributed by atoms with van der Waals surface area (Å²) < 4.78 is 33.4. The van der Waals surface area contributed by atoms with Crippen LogP contribution in [0.4, 0.5) is 0 Å². The Balaban J connectivity index is 2.23. The van der Waals surface area contributed by atoms with Crippen LogP contribution < -0.4 is 5.32 Å². The number of rotatable bonds is 5. The summed E-state index contributed by atoms with van der Waals surface area (Å²) in [4.78, 5) is 1.39. The normalized spacial score (nSPS) is 21.4. The third-order valence-corrected chi connectivity index (χ3v) is 7.41. The molecule has 2 heterocycles. The van der Waals surface area contributed by atoms with Crippen molar-refractivity contribution in [3.63, 3.8) is 0 Å². The van der Waals surface area contributed by atoms with Gasteiger partial charge in [0.15, 0.2) is 0 Å². The molecule has 0 aromatic carbocycles. The lowest BCUT2D eigenvalue weighted by atomic mass is 10.4. The molecule has 1 aromatic heterocycles. The first kappa shape index (κ1) is 17.4. The third kappa shape index (κ3) is 4.27. The number of hydrogen-bond acceptors (Lipinski definition) is 5. The van der Waals surface area contributed by atoms with Gasteiger partial charge in [-0.15, -0.1) is 11.3 Å². The van der Waals surface area contributed by atoms with E-state index in [9.17, 15) is 8.42 Å². The Morgan fingerprint density at radius 1 is 1.57 bits per heavy atom. The van der Waals surface area contributed by atoms with Crippen molar-refractivity contribution in [1.82, 2.24) is 9.62 Å². The van der Waals surface area contributed by atoms with E-state index in [2.05, 4.69) is 21.2 Å². The summed E-state index contributed by atoms with van der Waals surface area (Å²) in [7, 11) is -3.46. The molecule has 0 saturated carbocycles. The van der Waals surface area contributed by atoms with Gasteiger partial charge in [-0.05, 0) is 41.9 Å². The lowest BCUT2D eigenvalue weighted by molar-refractivity contribution is 0.0752. The van der Waals surface area contributed by atoms with Gasteiger partial charge in [-0.1, -0.05) is 6.92 Å². The Bertz CT molecular complexity index is 574. The molecule has 1 aromatic rings. The van der Waals surface area contributed by atoms with Crippen molar-refractivity contribution in [2.75, 3.05) is 26.2 Å². The van der Waals surface area contributed by atoms with Gasteiger partial charge >= 0.3 is 0 Å². The number of hydrogen-bond donors (Lipinski definition) is 1. The Morgan fingerprint density at radius 2 is 2.33 bits per heavy atom. The van der Waals surface area contributed by atoms with Crippen LogP contribution in [0.3, 0.4) is 0 Å². The summed E-state index contributed by atoms with van der Waals surface area (Å²) in [6.45, 7) is 7.02. The zero-order valence-corrected chi connectivity index (χ0v) is 15.5. The number of ether oxygens (including phenoxy) is 1. The van der Waals surface area contributed by atoms with Crippen LogP contribution in [-0.4, -0.2) is 45.1 Å². The number of nitrogens with zero attached hydrogens (tertiary/aromatic N) is 1. The molecule has 2 rings (SSSR count). The number of sulfonamides is 1. The molecule has 1 N–H and O–H groups in total. The first-order chi connectivity index (χ1) is 9.95. The van der Waals surface area contributed by atoms with Gasteiger partial charge in [0.1, 0.15) is 4.90 Å². The maximum atomic E-state index is 12.8. The molecule has 0 amide bonds. The van der Waals surface area contributed by atoms with Gasteiger partial charge in [0, 0.05) is 31.1 Å². The molecule has 1 aliphatic rings. The van der Waals surface area contributed by atoms with Crippen molar-refractivity contribution in [3.05, 3.63) is 14.7 Å². The van der Waals surface area contributed by atoms with Gasteiger partial charge in [0.2, 0.25) is 10.0 Å². The summed E-state index contributed by atoms with van der Waals surface area (Å²) in [6, 6.07) is 1.77. The second kappa shape index (κ2) is 7.52. The molecule has 1 fully saturated rings. The fourth-order valence-electron chi connectivity index (χ4n) is 2.22. The third-order valence-electron chi connectivity index (χ3n) is 3.29. The SMILES string of the molecule is CCNCc1cc(S(=O)(=O)N2CCCOC(C)C2)c(Br)s1. The summed E-state index contributed by atoms with van der Waals surface area (Å²) in [5.41, 5.74) is 0. The van der Waals surface area contributed by atoms with E-state index in [-0.39, 0.29) is 6.10 Å². The van der Waals surface area contributed by atoms with Gasteiger partial charge < -0.3 is 10.1 Å². The highest BCUT2D eigenvalue weighted by Gasteiger charge is 2.30. The lowest BCUT2D eigenvalue weighted by Gasteiger charge is -2.21. The highest BCUT2D eigenvalue weighted by Crippen LogP contribution is 2.34. The molecule has 0 aliphatic carbocycles. The highest BCUT2D eigenvalue weighted by molar-refractivity contribution is 9.11. The van der Waals surface area contributed by atoms with Gasteiger partial charge in [0.05, 0.1) is 9.89 Å². The maximum Gasteiger partial charge on any atom is 0.245 e. The fourth-order valence-corrected chi connectivity index (χ4v) is 6.38. The van der Waals surface area contributed by atoms with Crippen LogP contribution in [0.1, 0.15) is 25.1 Å². The second-order valence-corrected chi connectivity index (χ2v) is 9.39. The minimum Gasteiger partial charge on any atom is -0.377 e. The van der Waals surface area contributed by atoms with Crippen LogP contribution in [0, 0.1) is 0 Å². The summed E-state index contributed by atoms with van der Waals surface area (Å²) >= 11 is 4.87. The second-order valence-electron chi connectivity index (χ2n) is 5.03. The Morgan fingerprint density at radius 3 is 3.05 bits per heavy atom. The maximum absolute atomic E-state index is 12.8. The monoisotopic (exact) mass is 396 g/mol. The zero-order valence-electron chi connectivity index (χ0n) is 12.3. The van der Waals surface area contributed by atoms with Crippen LogP contribution in [-0.2, 0) is 21.3 Å². The molecule has 5 nitrogen and oxygen atoms in total. The Labute approximate surface area is 138 Å². The summed E-state index contributed by atoms with van der Waals surface area (Å²) in [5.74, 6) is 0. The predicted octanol–water partition coefficient (Wildman–Crippen LogP) is 2.42. The molecular formula is C13H21BrN2O3S2. The van der Waals surface area contributed by atoms with E-state index in [4.69, 9.17) is 4.74 Å². The van der Waals surface area contributed by atoms with Gasteiger partial charge in [-0.3, -0.25) is 0 Å². The van der Waals surface area contributed by atoms with E-state index in [1.165, 1.54) is 15.6 Å². The molecule has 8 heteroatoms. The topological polar surface area (TPSA) is 58.6 Å². The quantitative estimate of drug-likeness (QED) is 0.829. The van der Waals surface area contributed by atoms with Crippen LogP contribution in [0.2, 0.25) is 0 Å². The van der Waals surface area contributed by atoms with E-state index >= 15 is 0 Å². The number of halogens is 1. The lowest BCUT2D eigenvalue weighted by Crippen LogP contribution is -2.35. The van der Waals surface area contributed by atoms with Gasteiger partial charge in [0.25, 0.3) is 0 Å². The summed E-state index contributed by atoms with van der Waals surface area (Å²) in [6.07, 6.45) is 0.663. The van der Waals surface area contributed by atoms with E-state index < -0.39 is 10.0 Å². The van der Waals surface area contributed by atoms with Crippen LogP contribution in [0.15, 0.2) is 14.7 Å². The van der Waals surface area contributed by atoms with E-state index in [1.54, 1.807) is 6.07 Å². The molecule has 120 valence electrons. The average Bonchev–Trinajstić information content (AvgIpc) is 2.66. The van der Waals surface area contributed by atoms with Gasteiger partial charge in [-0.25, -0.2) is 8.42 Å². The molecule has 0 bridgehead atoms. The minimum atomic E-state index is -3.46. The smallest absolute Gasteiger partial charge is 0.245 e. The molecule has 0 spiro atoms. The highest BCUT2D eigenvalue weighted by atomic mass is 79.9. The molecule has 0 radical (unpaired) electrons. The van der Waals surface area contributed by atoms with Crippen LogP contribution in [0.25, 0.3) is 0 Å².